The number of alkyl halides is 3. The molecule has 36 valence electrons. The van der Waals surface area contributed by atoms with Crippen molar-refractivity contribution in [2.45, 2.75) is 6.18 Å². The van der Waals surface area contributed by atoms with E-state index in [-0.39, 0.29) is 0 Å². The zero-order valence-electron chi connectivity index (χ0n) is 2.51. The molecule has 0 rings (SSSR count). The Labute approximate surface area is 37.9 Å². The van der Waals surface area contributed by atoms with Crippen molar-refractivity contribution in [2.75, 3.05) is 0 Å². The second-order valence-electron chi connectivity index (χ2n) is 0.592. The van der Waals surface area contributed by atoms with Crippen LogP contribution in [0.1, 0.15) is 0 Å². The molecule has 0 spiro atoms. The van der Waals surface area contributed by atoms with Crippen molar-refractivity contribution < 1.29 is 13.2 Å². The van der Waals surface area contributed by atoms with Crippen molar-refractivity contribution in [2.24, 2.45) is 0 Å². The van der Waals surface area contributed by atoms with Crippen molar-refractivity contribution >= 4 is 11.6 Å². The molecule has 0 aromatic carbocycles. The maximum atomic E-state index is 10.5. The first-order valence-electron chi connectivity index (χ1n) is 1.01. The van der Waals surface area contributed by atoms with Gasteiger partial charge in [-0.3, -0.25) is 0 Å². The van der Waals surface area contributed by atoms with Gasteiger partial charge in [-0.05, 0) is 0 Å². The van der Waals surface area contributed by atoms with E-state index in [1.54, 1.807) is 0 Å². The molecule has 0 unspecified atom stereocenters. The van der Waals surface area contributed by atoms with Gasteiger partial charge in [0.05, 0.1) is 0 Å². The summed E-state index contributed by atoms with van der Waals surface area (Å²) in [6, 6.07) is 0. The predicted octanol–water partition coefficient (Wildman–Crippen LogP) is 1.83. The van der Waals surface area contributed by atoms with Gasteiger partial charge < -0.3 is 0 Å². The number of rotatable bonds is 0. The standard InChI is InChI=1S/C2ClF3/c3-1-2(4,5)6. The quantitative estimate of drug-likeness (QED) is 0.453. The van der Waals surface area contributed by atoms with Crippen LogP contribution < -0.4 is 0 Å². The van der Waals surface area contributed by atoms with Crippen LogP contribution in [0.15, 0.2) is 0 Å². The molecule has 2 radical (unpaired) electrons. The van der Waals surface area contributed by atoms with Crippen LogP contribution in [-0.2, 0) is 0 Å². The van der Waals surface area contributed by atoms with E-state index in [2.05, 4.69) is 11.6 Å². The van der Waals surface area contributed by atoms with Gasteiger partial charge in [0.1, 0.15) is 0 Å². The van der Waals surface area contributed by atoms with Crippen molar-refractivity contribution in [3.63, 3.8) is 0 Å². The molecular weight excluding hydrogens is 116 g/mol. The average Bonchev–Trinajstić information content (AvgIpc) is 1.35. The number of hydrogen-bond donors (Lipinski definition) is 0. The second-order valence-corrected chi connectivity index (χ2v) is 0.781. The highest BCUT2D eigenvalue weighted by Gasteiger charge is 2.26. The molecule has 0 amide bonds. The Kier molecular flexibility index (Phi) is 1.71. The summed E-state index contributed by atoms with van der Waals surface area (Å²) in [4.78, 5) is 0. The Bertz CT molecular complexity index is 38.5. The lowest BCUT2D eigenvalue weighted by Gasteiger charge is -1.93. The first-order valence-corrected chi connectivity index (χ1v) is 1.38. The number of hydrogen-bond acceptors (Lipinski definition) is 0. The maximum Gasteiger partial charge on any atom is 0.411 e. The van der Waals surface area contributed by atoms with E-state index in [1.165, 1.54) is 0 Å². The van der Waals surface area contributed by atoms with Gasteiger partial charge in [-0.25, -0.2) is 0 Å². The first-order chi connectivity index (χ1) is 2.56. The van der Waals surface area contributed by atoms with Gasteiger partial charge in [-0.2, -0.15) is 13.2 Å². The van der Waals surface area contributed by atoms with Crippen LogP contribution in [0.5, 0.6) is 0 Å². The minimum atomic E-state index is -4.44. The number of halogens is 4. The molecule has 0 nitrogen and oxygen atoms in total. The molecule has 0 aromatic rings. The van der Waals surface area contributed by atoms with E-state index >= 15 is 0 Å². The van der Waals surface area contributed by atoms with Crippen LogP contribution in [-0.4, -0.2) is 6.18 Å². The summed E-state index contributed by atoms with van der Waals surface area (Å²) in [6.07, 6.45) is -4.44. The lowest BCUT2D eigenvalue weighted by Crippen LogP contribution is -2.01. The Hall–Kier alpha value is 0.0800. The topological polar surface area (TPSA) is 0 Å². The Morgan fingerprint density at radius 2 is 1.50 bits per heavy atom. The van der Waals surface area contributed by atoms with E-state index in [1.807, 2.05) is 0 Å². The third-order valence-electron chi connectivity index (χ3n) is 0.107. The summed E-state index contributed by atoms with van der Waals surface area (Å²) in [6.45, 7) is 0. The summed E-state index contributed by atoms with van der Waals surface area (Å²) >= 11 is 4.10. The Morgan fingerprint density at radius 1 is 1.33 bits per heavy atom. The van der Waals surface area contributed by atoms with Crippen molar-refractivity contribution in [1.82, 2.24) is 0 Å². The highest BCUT2D eigenvalue weighted by atomic mass is 35.5. The van der Waals surface area contributed by atoms with E-state index in [4.69, 9.17) is 0 Å². The van der Waals surface area contributed by atoms with Gasteiger partial charge >= 0.3 is 6.18 Å². The zero-order valence-corrected chi connectivity index (χ0v) is 3.27. The molecule has 0 aliphatic carbocycles. The molecule has 0 bridgehead atoms. The van der Waals surface area contributed by atoms with Crippen LogP contribution in [0.4, 0.5) is 13.2 Å². The van der Waals surface area contributed by atoms with E-state index in [9.17, 15) is 13.2 Å². The Morgan fingerprint density at radius 3 is 1.50 bits per heavy atom. The Balaban J connectivity index is 3.17. The molecule has 6 heavy (non-hydrogen) atoms. The maximum absolute atomic E-state index is 10.5. The monoisotopic (exact) mass is 116 g/mol. The molecule has 0 N–H and O–H groups in total. The van der Waals surface area contributed by atoms with Gasteiger partial charge in [-0.1, -0.05) is 0 Å². The summed E-state index contributed by atoms with van der Waals surface area (Å²) in [5, 5.41) is 0. The lowest BCUT2D eigenvalue weighted by molar-refractivity contribution is -0.0880. The molecule has 4 heteroatoms. The second kappa shape index (κ2) is 1.69. The molecular formula is C2ClF3. The van der Waals surface area contributed by atoms with E-state index in [0.29, 0.717) is 5.88 Å². The van der Waals surface area contributed by atoms with Gasteiger partial charge in [0.25, 0.3) is 0 Å². The summed E-state index contributed by atoms with van der Waals surface area (Å²) in [5.41, 5.74) is 0. The molecule has 0 atom stereocenters. The van der Waals surface area contributed by atoms with Crippen molar-refractivity contribution in [1.29, 1.82) is 0 Å². The van der Waals surface area contributed by atoms with Crippen LogP contribution in [0, 0.1) is 5.88 Å². The van der Waals surface area contributed by atoms with E-state index < -0.39 is 6.18 Å². The van der Waals surface area contributed by atoms with E-state index in [0.717, 1.165) is 0 Å². The third-order valence-corrected chi connectivity index (χ3v) is 0.321. The van der Waals surface area contributed by atoms with Crippen LogP contribution in [0.3, 0.4) is 0 Å². The molecule has 0 aliphatic heterocycles. The summed E-state index contributed by atoms with van der Waals surface area (Å²) in [7, 11) is 0. The van der Waals surface area contributed by atoms with Gasteiger partial charge in [0, 0.05) is 0 Å². The molecule has 0 heterocycles. The molecule has 0 fully saturated rings. The minimum Gasteiger partial charge on any atom is -0.169 e. The van der Waals surface area contributed by atoms with Gasteiger partial charge in [-0.15, -0.1) is 11.6 Å². The third kappa shape index (κ3) is 4.08. The molecule has 0 aliphatic rings. The van der Waals surface area contributed by atoms with Crippen LogP contribution >= 0.6 is 11.6 Å². The van der Waals surface area contributed by atoms with Crippen LogP contribution in [0.2, 0.25) is 0 Å². The predicted molar refractivity (Wildman–Crippen MR) is 15.2 cm³/mol. The van der Waals surface area contributed by atoms with Crippen molar-refractivity contribution in [3.05, 3.63) is 5.88 Å². The largest absolute Gasteiger partial charge is 0.411 e. The van der Waals surface area contributed by atoms with Gasteiger partial charge in [0.15, 0.2) is 5.88 Å². The molecule has 0 saturated carbocycles. The summed E-state index contributed by atoms with van der Waals surface area (Å²) in [5.74, 6) is 0.576. The fraction of sp³-hybridized carbons (Fsp3) is 0.500. The normalized spacial score (nSPS) is 12.0. The zero-order chi connectivity index (χ0) is 5.21. The van der Waals surface area contributed by atoms with Crippen molar-refractivity contribution in [3.8, 4) is 0 Å². The molecule has 0 saturated heterocycles. The summed E-state index contributed by atoms with van der Waals surface area (Å²) < 4.78 is 31.6. The average molecular weight is 116 g/mol. The minimum absolute atomic E-state index is 0.576. The smallest absolute Gasteiger partial charge is 0.169 e. The van der Waals surface area contributed by atoms with Crippen LogP contribution in [0.25, 0.3) is 0 Å². The molecule has 0 aromatic heterocycles. The fourth-order valence-corrected chi connectivity index (χ4v) is 0. The first kappa shape index (κ1) is 6.08. The highest BCUT2D eigenvalue weighted by molar-refractivity contribution is 6.23. The van der Waals surface area contributed by atoms with Gasteiger partial charge in [0.2, 0.25) is 0 Å². The fourth-order valence-electron chi connectivity index (χ4n) is 0. The lowest BCUT2D eigenvalue weighted by atomic mass is 10.8. The highest BCUT2D eigenvalue weighted by Crippen LogP contribution is 2.19. The SMILES string of the molecule is FC(F)(F)[C]Cl.